The van der Waals surface area contributed by atoms with Gasteiger partial charge in [-0.05, 0) is 78.2 Å². The van der Waals surface area contributed by atoms with Crippen LogP contribution in [0.25, 0.3) is 0 Å². The van der Waals surface area contributed by atoms with Crippen LogP contribution in [0.3, 0.4) is 0 Å². The quantitative estimate of drug-likeness (QED) is 0.426. The summed E-state index contributed by atoms with van der Waals surface area (Å²) in [7, 11) is 0. The first-order valence-electron chi connectivity index (χ1n) is 4.79. The number of Topliss-reactive ketones (excluding diaryl/α,β-unsaturated/α-hetero) is 1. The van der Waals surface area contributed by atoms with Crippen molar-refractivity contribution in [1.29, 1.82) is 0 Å². The number of rotatable bonds is 3. The minimum Gasteiger partial charge on any atom is -0.294 e. The van der Waals surface area contributed by atoms with Crippen molar-refractivity contribution < 1.29 is 4.79 Å². The van der Waals surface area contributed by atoms with Crippen LogP contribution < -0.4 is 0 Å². The van der Waals surface area contributed by atoms with E-state index in [1.54, 1.807) is 0 Å². The minimum atomic E-state index is 0.139. The van der Waals surface area contributed by atoms with E-state index >= 15 is 0 Å². The van der Waals surface area contributed by atoms with E-state index < -0.39 is 0 Å². The normalized spacial score (nSPS) is 10.5. The molecule has 2 rings (SSSR count). The molecule has 5 heteroatoms. The lowest BCUT2D eigenvalue weighted by molar-refractivity contribution is 0.0993. The molecule has 0 N–H and O–H groups in total. The fourth-order valence-electron chi connectivity index (χ4n) is 1.41. The number of carbonyl (C=O) groups excluding carboxylic acids is 1. The Kier molecular flexibility index (Phi) is 4.80. The van der Waals surface area contributed by atoms with Gasteiger partial charge in [0, 0.05) is 15.6 Å². The molecule has 0 aliphatic heterocycles. The molecule has 17 heavy (non-hydrogen) atoms. The van der Waals surface area contributed by atoms with Gasteiger partial charge in [0.05, 0.1) is 7.57 Å². The van der Waals surface area contributed by atoms with E-state index in [9.17, 15) is 4.79 Å². The first-order valence-corrected chi connectivity index (χ1v) is 8.27. The van der Waals surface area contributed by atoms with Crippen LogP contribution in [0.5, 0.6) is 0 Å². The lowest BCUT2D eigenvalue weighted by Gasteiger charge is -2.00. The molecule has 0 aliphatic rings. The van der Waals surface area contributed by atoms with Crippen LogP contribution >= 0.6 is 65.8 Å². The van der Waals surface area contributed by atoms with Crippen molar-refractivity contribution in [2.24, 2.45) is 0 Å². The molecule has 2 aromatic rings. The fraction of sp³-hybridized carbons (Fsp3) is 0.0833. The summed E-state index contributed by atoms with van der Waals surface area (Å²) in [6.07, 6.45) is 0.443. The summed E-state index contributed by atoms with van der Waals surface area (Å²) in [6.45, 7) is 0. The molecule has 0 saturated heterocycles. The topological polar surface area (TPSA) is 17.1 Å². The van der Waals surface area contributed by atoms with Gasteiger partial charge in [0.2, 0.25) is 0 Å². The fourth-order valence-corrected chi connectivity index (χ4v) is 4.63. The average molecular weight is 486 g/mol. The molecule has 1 aromatic carbocycles. The van der Waals surface area contributed by atoms with E-state index in [-0.39, 0.29) is 5.78 Å². The predicted molar refractivity (Wildman–Crippen MR) is 86.9 cm³/mol. The highest BCUT2D eigenvalue weighted by Gasteiger charge is 2.13. The number of carbonyl (C=O) groups is 1. The summed E-state index contributed by atoms with van der Waals surface area (Å²) in [6, 6.07) is 9.89. The smallest absolute Gasteiger partial charge is 0.169 e. The van der Waals surface area contributed by atoms with Gasteiger partial charge in [0.25, 0.3) is 0 Å². The van der Waals surface area contributed by atoms with Gasteiger partial charge in [-0.1, -0.05) is 12.1 Å². The van der Waals surface area contributed by atoms with Gasteiger partial charge in [-0.15, -0.1) is 11.3 Å². The summed E-state index contributed by atoms with van der Waals surface area (Å²) in [5.41, 5.74) is 1.80. The Morgan fingerprint density at radius 2 is 1.88 bits per heavy atom. The molecular weight excluding hydrogens is 479 g/mol. The molecular formula is C12H7Br2IOS. The van der Waals surface area contributed by atoms with Gasteiger partial charge >= 0.3 is 0 Å². The van der Waals surface area contributed by atoms with Gasteiger partial charge in [-0.3, -0.25) is 4.79 Å². The molecule has 0 radical (unpaired) electrons. The van der Waals surface area contributed by atoms with Crippen molar-refractivity contribution in [1.82, 2.24) is 0 Å². The summed E-state index contributed by atoms with van der Waals surface area (Å²) in [4.78, 5) is 12.1. The van der Waals surface area contributed by atoms with Crippen molar-refractivity contribution >= 4 is 71.6 Å². The largest absolute Gasteiger partial charge is 0.294 e. The molecule has 0 amide bonds. The van der Waals surface area contributed by atoms with Gasteiger partial charge in [-0.25, -0.2) is 0 Å². The monoisotopic (exact) mass is 484 g/mol. The van der Waals surface area contributed by atoms with Crippen LogP contribution in [0.1, 0.15) is 15.9 Å². The highest BCUT2D eigenvalue weighted by molar-refractivity contribution is 14.1. The molecule has 88 valence electrons. The number of ketones is 1. The van der Waals surface area contributed by atoms with Crippen molar-refractivity contribution in [2.45, 2.75) is 6.42 Å². The van der Waals surface area contributed by atoms with Crippen molar-refractivity contribution in [3.05, 3.63) is 52.6 Å². The third kappa shape index (κ3) is 3.62. The highest BCUT2D eigenvalue weighted by Crippen LogP contribution is 2.32. The Labute approximate surface area is 134 Å². The van der Waals surface area contributed by atoms with E-state index in [1.807, 2.05) is 30.3 Å². The lowest BCUT2D eigenvalue weighted by Crippen LogP contribution is -2.02. The summed E-state index contributed by atoms with van der Waals surface area (Å²) in [5.74, 6) is 0.139. The van der Waals surface area contributed by atoms with Crippen LogP contribution in [0.15, 0.2) is 37.9 Å². The van der Waals surface area contributed by atoms with E-state index in [4.69, 9.17) is 0 Å². The number of halogens is 3. The second kappa shape index (κ2) is 5.95. The van der Waals surface area contributed by atoms with Crippen LogP contribution in [0.2, 0.25) is 0 Å². The van der Waals surface area contributed by atoms with E-state index in [1.165, 1.54) is 14.9 Å². The SMILES string of the molecule is O=C(Cc1ccc(I)cc1)c1cc(Br)sc1Br. The standard InChI is InChI=1S/C12H7Br2IOS/c13-11-6-9(12(14)17-11)10(16)5-7-1-3-8(15)4-2-7/h1-4,6H,5H2. The molecule has 1 aromatic heterocycles. The Bertz CT molecular complexity index is 548. The number of hydrogen-bond acceptors (Lipinski definition) is 2. The second-order valence-electron chi connectivity index (χ2n) is 3.46. The number of thiophene rings is 1. The molecule has 0 bridgehead atoms. The molecule has 0 aliphatic carbocycles. The van der Waals surface area contributed by atoms with E-state index in [0.29, 0.717) is 6.42 Å². The Hall–Kier alpha value is 0.280. The van der Waals surface area contributed by atoms with Crippen LogP contribution in [-0.4, -0.2) is 5.78 Å². The van der Waals surface area contributed by atoms with Crippen LogP contribution in [0, 0.1) is 3.57 Å². The lowest BCUT2D eigenvalue weighted by atomic mass is 10.1. The van der Waals surface area contributed by atoms with E-state index in [0.717, 1.165) is 18.7 Å². The molecule has 0 unspecified atom stereocenters. The number of hydrogen-bond donors (Lipinski definition) is 0. The molecule has 0 spiro atoms. The van der Waals surface area contributed by atoms with E-state index in [2.05, 4.69) is 54.5 Å². The molecule has 1 nitrogen and oxygen atoms in total. The van der Waals surface area contributed by atoms with Crippen molar-refractivity contribution in [3.8, 4) is 0 Å². The average Bonchev–Trinajstić information content (AvgIpc) is 2.61. The minimum absolute atomic E-state index is 0.139. The van der Waals surface area contributed by atoms with Crippen molar-refractivity contribution in [2.75, 3.05) is 0 Å². The predicted octanol–water partition coefficient (Wildman–Crippen LogP) is 5.30. The molecule has 1 heterocycles. The Morgan fingerprint density at radius 1 is 1.24 bits per heavy atom. The first-order chi connectivity index (χ1) is 8.06. The first kappa shape index (κ1) is 13.7. The third-order valence-corrected chi connectivity index (χ3v) is 5.29. The zero-order valence-electron chi connectivity index (χ0n) is 8.54. The number of benzene rings is 1. The van der Waals surface area contributed by atoms with Gasteiger partial charge in [0.1, 0.15) is 0 Å². The van der Waals surface area contributed by atoms with Gasteiger partial charge in [0.15, 0.2) is 5.78 Å². The van der Waals surface area contributed by atoms with Crippen LogP contribution in [0.4, 0.5) is 0 Å². The molecule has 0 atom stereocenters. The van der Waals surface area contributed by atoms with Crippen LogP contribution in [-0.2, 0) is 6.42 Å². The van der Waals surface area contributed by atoms with Crippen molar-refractivity contribution in [3.63, 3.8) is 0 Å². The molecule has 0 saturated carbocycles. The Balaban J connectivity index is 2.17. The second-order valence-corrected chi connectivity index (χ2v) is 8.46. The highest BCUT2D eigenvalue weighted by atomic mass is 127. The van der Waals surface area contributed by atoms with Gasteiger partial charge < -0.3 is 0 Å². The maximum Gasteiger partial charge on any atom is 0.169 e. The summed E-state index contributed by atoms with van der Waals surface area (Å²) < 4.78 is 3.04. The zero-order valence-corrected chi connectivity index (χ0v) is 14.7. The Morgan fingerprint density at radius 3 is 2.41 bits per heavy atom. The molecule has 0 fully saturated rings. The third-order valence-electron chi connectivity index (χ3n) is 2.24. The summed E-state index contributed by atoms with van der Waals surface area (Å²) in [5, 5.41) is 0. The van der Waals surface area contributed by atoms with Gasteiger partial charge in [-0.2, -0.15) is 0 Å². The summed E-state index contributed by atoms with van der Waals surface area (Å²) >= 11 is 10.6. The maximum absolute atomic E-state index is 12.1. The maximum atomic E-state index is 12.1. The zero-order chi connectivity index (χ0) is 12.4.